The van der Waals surface area contributed by atoms with Crippen LogP contribution in [0.2, 0.25) is 0 Å². The first-order chi connectivity index (χ1) is 10.9. The van der Waals surface area contributed by atoms with Gasteiger partial charge in [-0.1, -0.05) is 12.1 Å². The molecular weight excluding hydrogens is 303 g/mol. The second kappa shape index (κ2) is 6.87. The van der Waals surface area contributed by atoms with Crippen molar-refractivity contribution in [1.29, 1.82) is 0 Å². The lowest BCUT2D eigenvalue weighted by atomic mass is 10.1. The topological polar surface area (TPSA) is 81.5 Å². The van der Waals surface area contributed by atoms with Gasteiger partial charge in [0.15, 0.2) is 11.6 Å². The maximum Gasteiger partial charge on any atom is 0.270 e. The first-order valence-corrected chi connectivity index (χ1v) is 6.81. The van der Waals surface area contributed by atoms with E-state index in [-0.39, 0.29) is 17.0 Å². The van der Waals surface area contributed by atoms with Gasteiger partial charge >= 0.3 is 0 Å². The molecule has 0 saturated heterocycles. The lowest BCUT2D eigenvalue weighted by molar-refractivity contribution is -0.384. The van der Waals surface area contributed by atoms with E-state index in [2.05, 4.69) is 5.32 Å². The van der Waals surface area contributed by atoms with Crippen LogP contribution in [0.15, 0.2) is 42.5 Å². The third kappa shape index (κ3) is 3.82. The maximum atomic E-state index is 13.7. The van der Waals surface area contributed by atoms with Crippen molar-refractivity contribution in [2.45, 2.75) is 13.0 Å². The van der Waals surface area contributed by atoms with Crippen molar-refractivity contribution in [3.8, 4) is 5.75 Å². The van der Waals surface area contributed by atoms with Gasteiger partial charge in [-0.05, 0) is 30.7 Å². The normalized spacial score (nSPS) is 11.6. The number of carbonyl (C=O) groups is 1. The van der Waals surface area contributed by atoms with Crippen LogP contribution < -0.4 is 10.1 Å². The van der Waals surface area contributed by atoms with Crippen molar-refractivity contribution in [2.24, 2.45) is 0 Å². The van der Waals surface area contributed by atoms with Crippen LogP contribution in [0.5, 0.6) is 5.75 Å². The minimum absolute atomic E-state index is 0.117. The number of benzene rings is 2. The second-order valence-electron chi connectivity index (χ2n) is 4.90. The molecule has 0 saturated carbocycles. The average molecular weight is 318 g/mol. The third-order valence-corrected chi connectivity index (χ3v) is 3.34. The van der Waals surface area contributed by atoms with Gasteiger partial charge in [0.05, 0.1) is 18.1 Å². The number of amides is 1. The van der Waals surface area contributed by atoms with Crippen LogP contribution in [0, 0.1) is 15.9 Å². The molecule has 23 heavy (non-hydrogen) atoms. The second-order valence-corrected chi connectivity index (χ2v) is 4.90. The van der Waals surface area contributed by atoms with Gasteiger partial charge < -0.3 is 10.1 Å². The van der Waals surface area contributed by atoms with Gasteiger partial charge in [0, 0.05) is 17.7 Å². The Balaban J connectivity index is 2.15. The number of hydrogen-bond donors (Lipinski definition) is 1. The number of halogens is 1. The van der Waals surface area contributed by atoms with E-state index in [9.17, 15) is 19.3 Å². The lowest BCUT2D eigenvalue weighted by Crippen LogP contribution is -2.26. The van der Waals surface area contributed by atoms with Gasteiger partial charge in [0.1, 0.15) is 0 Å². The Hall–Kier alpha value is -2.96. The Morgan fingerprint density at radius 3 is 2.65 bits per heavy atom. The predicted octanol–water partition coefficient (Wildman–Crippen LogP) is 3.23. The molecule has 6 nitrogen and oxygen atoms in total. The molecule has 0 aliphatic heterocycles. The fourth-order valence-electron chi connectivity index (χ4n) is 2.08. The van der Waals surface area contributed by atoms with Gasteiger partial charge in [-0.15, -0.1) is 0 Å². The van der Waals surface area contributed by atoms with Crippen molar-refractivity contribution in [2.75, 3.05) is 7.11 Å². The Labute approximate surface area is 132 Å². The summed E-state index contributed by atoms with van der Waals surface area (Å²) in [5, 5.41) is 13.4. The molecule has 1 amide bonds. The van der Waals surface area contributed by atoms with Crippen LogP contribution in [-0.2, 0) is 0 Å². The molecule has 2 rings (SSSR count). The first kappa shape index (κ1) is 16.4. The number of carbonyl (C=O) groups excluding carboxylic acids is 1. The van der Waals surface area contributed by atoms with E-state index >= 15 is 0 Å². The van der Waals surface area contributed by atoms with Crippen LogP contribution in [-0.4, -0.2) is 17.9 Å². The van der Waals surface area contributed by atoms with Gasteiger partial charge in [0.25, 0.3) is 11.6 Å². The van der Waals surface area contributed by atoms with E-state index in [0.29, 0.717) is 5.56 Å². The fraction of sp³-hybridized carbons (Fsp3) is 0.188. The molecule has 0 radical (unpaired) electrons. The first-order valence-electron chi connectivity index (χ1n) is 6.81. The smallest absolute Gasteiger partial charge is 0.270 e. The molecule has 1 N–H and O–H groups in total. The zero-order valence-corrected chi connectivity index (χ0v) is 12.6. The Morgan fingerprint density at radius 2 is 2.04 bits per heavy atom. The number of nitrogens with zero attached hydrogens (tertiary/aromatic N) is 1. The van der Waals surface area contributed by atoms with E-state index in [1.165, 1.54) is 43.5 Å². The summed E-state index contributed by atoms with van der Waals surface area (Å²) in [7, 11) is 1.37. The standard InChI is InChI=1S/C16H15FN2O4/c1-10(11-6-7-15(23-2)14(17)9-11)18-16(20)12-4-3-5-13(8-12)19(21)22/h3-10H,1-2H3,(H,18,20)/t10-/m0/s1. The number of ether oxygens (including phenoxy) is 1. The van der Waals surface area contributed by atoms with Crippen LogP contribution in [0.3, 0.4) is 0 Å². The summed E-state index contributed by atoms with van der Waals surface area (Å²) in [4.78, 5) is 22.3. The summed E-state index contributed by atoms with van der Waals surface area (Å²) in [6.07, 6.45) is 0. The molecule has 2 aromatic rings. The van der Waals surface area contributed by atoms with Crippen molar-refractivity contribution >= 4 is 11.6 Å². The van der Waals surface area contributed by atoms with Crippen molar-refractivity contribution in [3.05, 3.63) is 69.5 Å². The molecule has 0 aliphatic carbocycles. The van der Waals surface area contributed by atoms with E-state index in [0.717, 1.165) is 0 Å². The number of non-ortho nitro benzene ring substituents is 1. The van der Waals surface area contributed by atoms with Crippen molar-refractivity contribution in [3.63, 3.8) is 0 Å². The highest BCUT2D eigenvalue weighted by Crippen LogP contribution is 2.22. The zero-order valence-electron chi connectivity index (χ0n) is 12.6. The summed E-state index contributed by atoms with van der Waals surface area (Å²) in [5.74, 6) is -0.884. The highest BCUT2D eigenvalue weighted by atomic mass is 19.1. The van der Waals surface area contributed by atoms with Gasteiger partial charge in [-0.25, -0.2) is 4.39 Å². The van der Waals surface area contributed by atoms with Crippen molar-refractivity contribution < 1.29 is 18.8 Å². The van der Waals surface area contributed by atoms with E-state index in [1.54, 1.807) is 13.0 Å². The summed E-state index contributed by atoms with van der Waals surface area (Å²) in [6.45, 7) is 1.69. The maximum absolute atomic E-state index is 13.7. The molecular formula is C16H15FN2O4. The molecule has 0 aliphatic rings. The van der Waals surface area contributed by atoms with Crippen molar-refractivity contribution in [1.82, 2.24) is 5.32 Å². The summed E-state index contributed by atoms with van der Waals surface area (Å²) in [5.41, 5.74) is 0.558. The Morgan fingerprint density at radius 1 is 1.30 bits per heavy atom. The van der Waals surface area contributed by atoms with Crippen LogP contribution in [0.25, 0.3) is 0 Å². The molecule has 0 aromatic heterocycles. The average Bonchev–Trinajstić information content (AvgIpc) is 2.54. The van der Waals surface area contributed by atoms with Crippen LogP contribution >= 0.6 is 0 Å². The van der Waals surface area contributed by atoms with E-state index in [1.807, 2.05) is 0 Å². The molecule has 2 aromatic carbocycles. The zero-order chi connectivity index (χ0) is 17.0. The fourth-order valence-corrected chi connectivity index (χ4v) is 2.08. The highest BCUT2D eigenvalue weighted by molar-refractivity contribution is 5.95. The highest BCUT2D eigenvalue weighted by Gasteiger charge is 2.15. The molecule has 0 unspecified atom stereocenters. The van der Waals surface area contributed by atoms with Gasteiger partial charge in [0.2, 0.25) is 0 Å². The minimum Gasteiger partial charge on any atom is -0.494 e. The number of nitro benzene ring substituents is 1. The third-order valence-electron chi connectivity index (χ3n) is 3.34. The predicted molar refractivity (Wildman–Crippen MR) is 81.9 cm³/mol. The lowest BCUT2D eigenvalue weighted by Gasteiger charge is -2.15. The number of methoxy groups -OCH3 is 1. The summed E-state index contributed by atoms with van der Waals surface area (Å²) >= 11 is 0. The number of nitro groups is 1. The molecule has 1 atom stereocenters. The number of hydrogen-bond acceptors (Lipinski definition) is 4. The van der Waals surface area contributed by atoms with E-state index in [4.69, 9.17) is 4.74 Å². The molecule has 0 bridgehead atoms. The monoisotopic (exact) mass is 318 g/mol. The summed E-state index contributed by atoms with van der Waals surface area (Å²) in [6, 6.07) is 9.32. The molecule has 7 heteroatoms. The van der Waals surface area contributed by atoms with Gasteiger partial charge in [-0.2, -0.15) is 0 Å². The molecule has 0 fully saturated rings. The SMILES string of the molecule is COc1ccc([C@H](C)NC(=O)c2cccc([N+](=O)[O-])c2)cc1F. The van der Waals surface area contributed by atoms with Crippen LogP contribution in [0.1, 0.15) is 28.9 Å². The molecule has 0 heterocycles. The van der Waals surface area contributed by atoms with Gasteiger partial charge in [-0.3, -0.25) is 14.9 Å². The summed E-state index contributed by atoms with van der Waals surface area (Å²) < 4.78 is 18.5. The Bertz CT molecular complexity index is 749. The quantitative estimate of drug-likeness (QED) is 0.678. The van der Waals surface area contributed by atoms with E-state index < -0.39 is 22.7 Å². The number of nitrogens with one attached hydrogen (secondary N) is 1. The van der Waals surface area contributed by atoms with Crippen LogP contribution in [0.4, 0.5) is 10.1 Å². The largest absolute Gasteiger partial charge is 0.494 e. The Kier molecular flexibility index (Phi) is 4.90. The molecule has 120 valence electrons. The minimum atomic E-state index is -0.570. The number of rotatable bonds is 5. The molecule has 0 spiro atoms.